The van der Waals surface area contributed by atoms with Crippen LogP contribution in [0.3, 0.4) is 0 Å². The van der Waals surface area contributed by atoms with E-state index in [0.717, 1.165) is 11.1 Å². The van der Waals surface area contributed by atoms with Gasteiger partial charge in [0.1, 0.15) is 11.8 Å². The highest BCUT2D eigenvalue weighted by molar-refractivity contribution is 7.90. The molecule has 0 radical (unpaired) electrons. The minimum atomic E-state index is -3.87. The summed E-state index contributed by atoms with van der Waals surface area (Å²) in [7, 11) is -3.87. The summed E-state index contributed by atoms with van der Waals surface area (Å²) in [6, 6.07) is 16.1. The third-order valence-corrected chi connectivity index (χ3v) is 8.61. The molecule has 14 heteroatoms. The Kier molecular flexibility index (Phi) is 10.4. The Morgan fingerprint density at radius 3 is 2.33 bits per heavy atom. The summed E-state index contributed by atoms with van der Waals surface area (Å²) >= 11 is 12.9. The van der Waals surface area contributed by atoms with Crippen LogP contribution in [0, 0.1) is 24.2 Å². The second-order valence-corrected chi connectivity index (χ2v) is 12.9. The first-order valence-electron chi connectivity index (χ1n) is 13.7. The first-order valence-corrected chi connectivity index (χ1v) is 15.9. The molecule has 45 heavy (non-hydrogen) atoms. The van der Waals surface area contributed by atoms with E-state index in [1.165, 1.54) is 16.1 Å². The summed E-state index contributed by atoms with van der Waals surface area (Å²) in [6.45, 7) is 7.58. The SMILES string of the molecule is CCOC(=O)NC(=O)C(C#N)=NNc1cc(Cl)c(Oc2ccc3c(c2)c(CC(C)C)cn3S(=O)(=O)c2ccc(C)cc2)c(Cl)c1. The fourth-order valence-corrected chi connectivity index (χ4v) is 6.30. The van der Waals surface area contributed by atoms with Gasteiger partial charge in [0.05, 0.1) is 32.8 Å². The van der Waals surface area contributed by atoms with Gasteiger partial charge in [0.2, 0.25) is 5.71 Å². The molecule has 4 rings (SSSR count). The number of nitrogens with zero attached hydrogens (tertiary/aromatic N) is 3. The normalized spacial score (nSPS) is 11.7. The molecule has 0 aliphatic heterocycles. The number of aryl methyl sites for hydroxylation is 1. The third-order valence-electron chi connectivity index (χ3n) is 6.36. The number of ether oxygens (including phenoxy) is 2. The molecule has 0 unspecified atom stereocenters. The van der Waals surface area contributed by atoms with E-state index < -0.39 is 27.7 Å². The van der Waals surface area contributed by atoms with Gasteiger partial charge in [-0.3, -0.25) is 15.5 Å². The van der Waals surface area contributed by atoms with Crippen LogP contribution in [-0.4, -0.2) is 36.7 Å². The number of hydrogen-bond acceptors (Lipinski definition) is 9. The van der Waals surface area contributed by atoms with E-state index in [0.29, 0.717) is 23.1 Å². The van der Waals surface area contributed by atoms with Gasteiger partial charge in [-0.1, -0.05) is 54.7 Å². The Labute approximate surface area is 270 Å². The number of rotatable bonds is 10. The minimum Gasteiger partial charge on any atom is -0.454 e. The number of amides is 2. The topological polar surface area (TPSA) is 152 Å². The van der Waals surface area contributed by atoms with Gasteiger partial charge in [0, 0.05) is 11.6 Å². The fourth-order valence-electron chi connectivity index (χ4n) is 4.34. The minimum absolute atomic E-state index is 0.0391. The Balaban J connectivity index is 1.63. The predicted octanol–water partition coefficient (Wildman–Crippen LogP) is 7.05. The van der Waals surface area contributed by atoms with Gasteiger partial charge in [-0.25, -0.2) is 17.2 Å². The Bertz CT molecular complexity index is 1920. The van der Waals surface area contributed by atoms with E-state index >= 15 is 0 Å². The fraction of sp³-hybridized carbons (Fsp3) is 0.226. The van der Waals surface area contributed by atoms with Crippen molar-refractivity contribution in [2.24, 2.45) is 11.0 Å². The number of hydrogen-bond donors (Lipinski definition) is 2. The van der Waals surface area contributed by atoms with Gasteiger partial charge in [0.25, 0.3) is 15.9 Å². The summed E-state index contributed by atoms with van der Waals surface area (Å²) in [5, 5.41) is 15.7. The molecule has 0 aliphatic carbocycles. The number of anilines is 1. The molecule has 3 aromatic carbocycles. The van der Waals surface area contributed by atoms with Crippen molar-refractivity contribution < 1.29 is 27.5 Å². The highest BCUT2D eigenvalue weighted by Crippen LogP contribution is 2.40. The maximum Gasteiger partial charge on any atom is 0.414 e. The number of aromatic nitrogens is 1. The number of nitriles is 1. The highest BCUT2D eigenvalue weighted by atomic mass is 35.5. The van der Waals surface area contributed by atoms with Gasteiger partial charge in [-0.2, -0.15) is 10.4 Å². The number of carbonyl (C=O) groups excluding carboxylic acids is 2. The van der Waals surface area contributed by atoms with Crippen LogP contribution < -0.4 is 15.5 Å². The van der Waals surface area contributed by atoms with E-state index in [2.05, 4.69) is 15.3 Å². The van der Waals surface area contributed by atoms with Crippen molar-refractivity contribution in [2.75, 3.05) is 12.0 Å². The number of fused-ring (bicyclic) bond motifs is 1. The standard InChI is InChI=1S/C31H29Cl2N5O6S/c1-5-43-31(40)35-30(39)27(16-34)37-36-21-13-25(32)29(26(33)14-21)44-22-8-11-28-24(15-22)20(12-18(2)3)17-38(28)45(41,42)23-9-6-19(4)7-10-23/h6-11,13-15,17-18,36H,5,12H2,1-4H3,(H,35,39,40). The summed E-state index contributed by atoms with van der Waals surface area (Å²) in [6.07, 6.45) is 1.26. The maximum atomic E-state index is 13.6. The maximum absolute atomic E-state index is 13.6. The molecule has 234 valence electrons. The second-order valence-electron chi connectivity index (χ2n) is 10.3. The molecule has 2 N–H and O–H groups in total. The van der Waals surface area contributed by atoms with Crippen molar-refractivity contribution in [3.05, 3.63) is 82.0 Å². The van der Waals surface area contributed by atoms with Crippen LogP contribution in [0.15, 0.2) is 70.8 Å². The molecule has 0 bridgehead atoms. The van der Waals surface area contributed by atoms with E-state index in [9.17, 15) is 23.3 Å². The highest BCUT2D eigenvalue weighted by Gasteiger charge is 2.23. The van der Waals surface area contributed by atoms with Crippen LogP contribution >= 0.6 is 23.2 Å². The van der Waals surface area contributed by atoms with Gasteiger partial charge < -0.3 is 9.47 Å². The monoisotopic (exact) mass is 669 g/mol. The lowest BCUT2D eigenvalue weighted by Crippen LogP contribution is -2.36. The van der Waals surface area contributed by atoms with Gasteiger partial charge in [-0.15, -0.1) is 0 Å². The summed E-state index contributed by atoms with van der Waals surface area (Å²) in [4.78, 5) is 23.7. The van der Waals surface area contributed by atoms with Crippen LogP contribution in [-0.2, 0) is 26.0 Å². The van der Waals surface area contributed by atoms with Crippen LogP contribution in [0.25, 0.3) is 10.9 Å². The quantitative estimate of drug-likeness (QED) is 0.135. The van der Waals surface area contributed by atoms with E-state index in [4.69, 9.17) is 27.9 Å². The zero-order valence-electron chi connectivity index (χ0n) is 24.7. The molecule has 0 atom stereocenters. The molecule has 0 spiro atoms. The van der Waals surface area contributed by atoms with Gasteiger partial charge >= 0.3 is 6.09 Å². The molecule has 11 nitrogen and oxygen atoms in total. The number of carbonyl (C=O) groups is 2. The average molecular weight is 671 g/mol. The average Bonchev–Trinajstić information content (AvgIpc) is 3.33. The molecule has 0 saturated heterocycles. The number of nitrogens with one attached hydrogen (secondary N) is 2. The molecule has 0 saturated carbocycles. The van der Waals surface area contributed by atoms with Crippen molar-refractivity contribution in [2.45, 2.75) is 39.0 Å². The largest absolute Gasteiger partial charge is 0.454 e. The van der Waals surface area contributed by atoms with Crippen molar-refractivity contribution in [3.8, 4) is 17.6 Å². The lowest BCUT2D eigenvalue weighted by molar-refractivity contribution is -0.114. The molecule has 0 aliphatic rings. The van der Waals surface area contributed by atoms with Crippen molar-refractivity contribution >= 4 is 67.5 Å². The molecular weight excluding hydrogens is 641 g/mol. The van der Waals surface area contributed by atoms with Crippen molar-refractivity contribution in [1.29, 1.82) is 5.26 Å². The van der Waals surface area contributed by atoms with Crippen LogP contribution in [0.2, 0.25) is 10.0 Å². The van der Waals surface area contributed by atoms with Gasteiger partial charge in [0.15, 0.2) is 5.75 Å². The van der Waals surface area contributed by atoms with Crippen LogP contribution in [0.1, 0.15) is 31.9 Å². The molecule has 1 heterocycles. The summed E-state index contributed by atoms with van der Waals surface area (Å²) < 4.78 is 39.2. The smallest absolute Gasteiger partial charge is 0.414 e. The zero-order chi connectivity index (χ0) is 32.9. The van der Waals surface area contributed by atoms with E-state index in [-0.39, 0.29) is 38.9 Å². The number of benzene rings is 3. The van der Waals surface area contributed by atoms with Gasteiger partial charge in [-0.05, 0) is 74.2 Å². The first kappa shape index (κ1) is 33.3. The molecule has 0 fully saturated rings. The van der Waals surface area contributed by atoms with Crippen LogP contribution in [0.4, 0.5) is 10.5 Å². The van der Waals surface area contributed by atoms with Crippen LogP contribution in [0.5, 0.6) is 11.5 Å². The summed E-state index contributed by atoms with van der Waals surface area (Å²) in [5.74, 6) is -0.332. The number of halogens is 2. The second kappa shape index (κ2) is 14.0. The molecular formula is C31H29Cl2N5O6S. The third kappa shape index (κ3) is 7.75. The Morgan fingerprint density at radius 1 is 1.07 bits per heavy atom. The number of alkyl carbamates (subject to hydrolysis) is 1. The van der Waals surface area contributed by atoms with E-state index in [1.54, 1.807) is 61.7 Å². The molecule has 1 aromatic heterocycles. The zero-order valence-corrected chi connectivity index (χ0v) is 27.0. The Morgan fingerprint density at radius 2 is 1.73 bits per heavy atom. The lowest BCUT2D eigenvalue weighted by Gasteiger charge is -2.12. The number of hydrazone groups is 1. The molecule has 2 amide bonds. The van der Waals surface area contributed by atoms with Crippen molar-refractivity contribution in [3.63, 3.8) is 0 Å². The van der Waals surface area contributed by atoms with Crippen molar-refractivity contribution in [1.82, 2.24) is 9.29 Å². The van der Waals surface area contributed by atoms with E-state index in [1.807, 2.05) is 26.1 Å². The first-order chi connectivity index (χ1) is 21.3. The summed E-state index contributed by atoms with van der Waals surface area (Å²) in [5.41, 5.74) is 4.36. The molecule has 4 aromatic rings. The Hall–Kier alpha value is -4.57. The lowest BCUT2D eigenvalue weighted by atomic mass is 10.0. The number of imide groups is 1. The predicted molar refractivity (Wildman–Crippen MR) is 173 cm³/mol.